The van der Waals surface area contributed by atoms with Gasteiger partial charge in [0.1, 0.15) is 15.9 Å². The first-order valence-corrected chi connectivity index (χ1v) is 9.08. The lowest BCUT2D eigenvalue weighted by atomic mass is 10.2. The molecule has 0 spiro atoms. The van der Waals surface area contributed by atoms with E-state index in [2.05, 4.69) is 18.5 Å². The third-order valence-electron chi connectivity index (χ3n) is 3.55. The topological polar surface area (TPSA) is 87.7 Å². The Kier molecular flexibility index (Phi) is 3.10. The Bertz CT molecular complexity index is 1130. The SMILES string of the molecule is Cc1cc2cc(NS(=O)(=O)c3cccc4nsnc34)ccc2[nH]1. The van der Waals surface area contributed by atoms with Crippen LogP contribution in [0.1, 0.15) is 5.69 Å². The zero-order valence-corrected chi connectivity index (χ0v) is 13.7. The monoisotopic (exact) mass is 344 g/mol. The van der Waals surface area contributed by atoms with Crippen LogP contribution in [0, 0.1) is 6.92 Å². The van der Waals surface area contributed by atoms with Gasteiger partial charge in [0.25, 0.3) is 10.0 Å². The van der Waals surface area contributed by atoms with Crippen molar-refractivity contribution in [1.29, 1.82) is 0 Å². The van der Waals surface area contributed by atoms with Crippen molar-refractivity contribution >= 4 is 49.4 Å². The van der Waals surface area contributed by atoms with E-state index >= 15 is 0 Å². The third-order valence-corrected chi connectivity index (χ3v) is 5.50. The third kappa shape index (κ3) is 2.45. The Labute approximate surface area is 136 Å². The lowest BCUT2D eigenvalue weighted by Gasteiger charge is -2.08. The zero-order chi connectivity index (χ0) is 16.0. The van der Waals surface area contributed by atoms with Crippen LogP contribution in [0.15, 0.2) is 47.4 Å². The smallest absolute Gasteiger partial charge is 0.264 e. The number of anilines is 1. The predicted molar refractivity (Wildman–Crippen MR) is 91.3 cm³/mol. The number of hydrogen-bond acceptors (Lipinski definition) is 5. The summed E-state index contributed by atoms with van der Waals surface area (Å²) in [5.74, 6) is 0. The molecular formula is C15H12N4O2S2. The van der Waals surface area contributed by atoms with Gasteiger partial charge in [-0.15, -0.1) is 0 Å². The average Bonchev–Trinajstić information content (AvgIpc) is 3.10. The van der Waals surface area contributed by atoms with Gasteiger partial charge in [-0.2, -0.15) is 8.75 Å². The van der Waals surface area contributed by atoms with Crippen LogP contribution in [0.4, 0.5) is 5.69 Å². The summed E-state index contributed by atoms with van der Waals surface area (Å²) >= 11 is 0.998. The average molecular weight is 344 g/mol. The van der Waals surface area contributed by atoms with E-state index in [-0.39, 0.29) is 4.90 Å². The molecule has 0 aliphatic carbocycles. The minimum atomic E-state index is -3.73. The molecule has 0 atom stereocenters. The van der Waals surface area contributed by atoms with Gasteiger partial charge in [0, 0.05) is 22.3 Å². The van der Waals surface area contributed by atoms with E-state index < -0.39 is 10.0 Å². The molecule has 0 unspecified atom stereocenters. The molecular weight excluding hydrogens is 332 g/mol. The molecule has 6 nitrogen and oxygen atoms in total. The number of aromatic nitrogens is 3. The molecule has 23 heavy (non-hydrogen) atoms. The summed E-state index contributed by atoms with van der Waals surface area (Å²) in [5.41, 5.74) is 3.48. The largest absolute Gasteiger partial charge is 0.359 e. The van der Waals surface area contributed by atoms with Crippen LogP contribution in [0.5, 0.6) is 0 Å². The highest BCUT2D eigenvalue weighted by molar-refractivity contribution is 7.93. The molecule has 0 bridgehead atoms. The van der Waals surface area contributed by atoms with Crippen molar-refractivity contribution in [3.8, 4) is 0 Å². The second-order valence-electron chi connectivity index (χ2n) is 5.25. The number of sulfonamides is 1. The quantitative estimate of drug-likeness (QED) is 0.597. The van der Waals surface area contributed by atoms with Crippen LogP contribution in [0.2, 0.25) is 0 Å². The lowest BCUT2D eigenvalue weighted by molar-refractivity contribution is 0.602. The number of nitrogens with zero attached hydrogens (tertiary/aromatic N) is 2. The molecule has 2 aromatic heterocycles. The van der Waals surface area contributed by atoms with Crippen molar-refractivity contribution < 1.29 is 8.42 Å². The Hall–Kier alpha value is -2.45. The molecule has 116 valence electrons. The van der Waals surface area contributed by atoms with Crippen LogP contribution >= 0.6 is 11.7 Å². The normalized spacial score (nSPS) is 12.0. The Morgan fingerprint density at radius 1 is 1.13 bits per heavy atom. The van der Waals surface area contributed by atoms with Gasteiger partial charge in [-0.1, -0.05) is 6.07 Å². The van der Waals surface area contributed by atoms with Crippen molar-refractivity contribution in [2.24, 2.45) is 0 Å². The number of nitrogens with one attached hydrogen (secondary N) is 2. The molecule has 0 aliphatic heterocycles. The highest BCUT2D eigenvalue weighted by Gasteiger charge is 2.19. The standard InChI is InChI=1S/C15H12N4O2S2/c1-9-7-10-8-11(5-6-12(10)16-9)19-23(20,21)14-4-2-3-13-15(14)18-22-17-13/h2-8,16,19H,1H3. The van der Waals surface area contributed by atoms with E-state index in [1.54, 1.807) is 24.3 Å². The molecule has 2 N–H and O–H groups in total. The van der Waals surface area contributed by atoms with Gasteiger partial charge in [-0.25, -0.2) is 8.42 Å². The Balaban J connectivity index is 1.77. The zero-order valence-electron chi connectivity index (χ0n) is 12.1. The summed E-state index contributed by atoms with van der Waals surface area (Å²) in [6.07, 6.45) is 0. The Morgan fingerprint density at radius 2 is 2.00 bits per heavy atom. The summed E-state index contributed by atoms with van der Waals surface area (Å²) in [5, 5.41) is 0.955. The highest BCUT2D eigenvalue weighted by Crippen LogP contribution is 2.25. The second-order valence-corrected chi connectivity index (χ2v) is 7.43. The summed E-state index contributed by atoms with van der Waals surface area (Å²) in [6, 6.07) is 12.3. The fourth-order valence-corrected chi connectivity index (χ4v) is 4.37. The first-order valence-electron chi connectivity index (χ1n) is 6.86. The number of H-pyrrole nitrogens is 1. The lowest BCUT2D eigenvalue weighted by Crippen LogP contribution is -2.13. The maximum Gasteiger partial charge on any atom is 0.264 e. The molecule has 8 heteroatoms. The predicted octanol–water partition coefficient (Wildman–Crippen LogP) is 3.28. The van der Waals surface area contributed by atoms with Crippen LogP contribution < -0.4 is 4.72 Å². The maximum atomic E-state index is 12.7. The van der Waals surface area contributed by atoms with Crippen molar-refractivity contribution in [2.75, 3.05) is 4.72 Å². The second kappa shape index (κ2) is 5.04. The molecule has 4 aromatic rings. The summed E-state index contributed by atoms with van der Waals surface area (Å²) in [4.78, 5) is 3.34. The van der Waals surface area contributed by atoms with E-state index in [0.717, 1.165) is 28.3 Å². The molecule has 2 heterocycles. The minimum absolute atomic E-state index is 0.133. The van der Waals surface area contributed by atoms with Crippen molar-refractivity contribution in [1.82, 2.24) is 13.7 Å². The number of benzene rings is 2. The van der Waals surface area contributed by atoms with Crippen LogP contribution in [0.3, 0.4) is 0 Å². The first kappa shape index (κ1) is 14.2. The molecule has 4 rings (SSSR count). The van der Waals surface area contributed by atoms with E-state index in [1.807, 2.05) is 19.1 Å². The molecule has 0 aliphatic rings. The van der Waals surface area contributed by atoms with Crippen molar-refractivity contribution in [2.45, 2.75) is 11.8 Å². The number of fused-ring (bicyclic) bond motifs is 2. The molecule has 0 fully saturated rings. The summed E-state index contributed by atoms with van der Waals surface area (Å²) in [7, 11) is -3.73. The van der Waals surface area contributed by atoms with Crippen molar-refractivity contribution in [3.05, 3.63) is 48.2 Å². The van der Waals surface area contributed by atoms with E-state index in [1.165, 1.54) is 6.07 Å². The fraction of sp³-hybridized carbons (Fsp3) is 0.0667. The van der Waals surface area contributed by atoms with Crippen LogP contribution in [-0.4, -0.2) is 22.1 Å². The van der Waals surface area contributed by atoms with Crippen LogP contribution in [0.25, 0.3) is 21.9 Å². The number of aromatic amines is 1. The highest BCUT2D eigenvalue weighted by atomic mass is 32.2. The van der Waals surface area contributed by atoms with E-state index in [9.17, 15) is 8.42 Å². The molecule has 2 aromatic carbocycles. The molecule has 0 saturated carbocycles. The minimum Gasteiger partial charge on any atom is -0.359 e. The maximum absolute atomic E-state index is 12.7. The number of hydrogen-bond donors (Lipinski definition) is 2. The van der Waals surface area contributed by atoms with Gasteiger partial charge >= 0.3 is 0 Å². The first-order chi connectivity index (χ1) is 11.0. The van der Waals surface area contributed by atoms with Gasteiger partial charge in [-0.05, 0) is 43.3 Å². The van der Waals surface area contributed by atoms with E-state index in [0.29, 0.717) is 16.7 Å². The number of rotatable bonds is 3. The van der Waals surface area contributed by atoms with Gasteiger partial charge in [-0.3, -0.25) is 4.72 Å². The van der Waals surface area contributed by atoms with Gasteiger partial charge in [0.05, 0.1) is 11.7 Å². The number of aryl methyl sites for hydroxylation is 1. The Morgan fingerprint density at radius 3 is 2.87 bits per heavy atom. The summed E-state index contributed by atoms with van der Waals surface area (Å²) in [6.45, 7) is 1.96. The summed E-state index contributed by atoms with van der Waals surface area (Å²) < 4.78 is 36.1. The van der Waals surface area contributed by atoms with Gasteiger partial charge < -0.3 is 4.98 Å². The van der Waals surface area contributed by atoms with Gasteiger partial charge in [0.15, 0.2) is 0 Å². The molecule has 0 saturated heterocycles. The van der Waals surface area contributed by atoms with Gasteiger partial charge in [0.2, 0.25) is 0 Å². The molecule has 0 amide bonds. The molecule has 0 radical (unpaired) electrons. The van der Waals surface area contributed by atoms with E-state index in [4.69, 9.17) is 0 Å². The van der Waals surface area contributed by atoms with Crippen LogP contribution in [-0.2, 0) is 10.0 Å². The fourth-order valence-electron chi connectivity index (χ4n) is 2.55. The van der Waals surface area contributed by atoms with Crippen molar-refractivity contribution in [3.63, 3.8) is 0 Å².